The number of ether oxygens (including phenoxy) is 3. The zero-order chi connectivity index (χ0) is 14.7. The minimum atomic E-state index is -0.393. The van der Waals surface area contributed by atoms with Gasteiger partial charge in [0, 0.05) is 25.1 Å². The molecule has 1 aromatic heterocycles. The van der Waals surface area contributed by atoms with Crippen LogP contribution in [0.15, 0.2) is 18.5 Å². The van der Waals surface area contributed by atoms with Crippen LogP contribution >= 0.6 is 0 Å². The lowest BCUT2D eigenvalue weighted by molar-refractivity contribution is -0.179. The molecule has 0 radical (unpaired) electrons. The fourth-order valence-electron chi connectivity index (χ4n) is 2.98. The second-order valence-electron chi connectivity index (χ2n) is 5.43. The van der Waals surface area contributed by atoms with Crippen LogP contribution in [0, 0.1) is 0 Å². The van der Waals surface area contributed by atoms with Gasteiger partial charge in [-0.1, -0.05) is 0 Å². The summed E-state index contributed by atoms with van der Waals surface area (Å²) in [7, 11) is 1.53. The first-order valence-corrected chi connectivity index (χ1v) is 7.29. The van der Waals surface area contributed by atoms with Gasteiger partial charge >= 0.3 is 0 Å². The summed E-state index contributed by atoms with van der Waals surface area (Å²) in [4.78, 5) is 16.3. The Morgan fingerprint density at radius 1 is 1.38 bits per heavy atom. The molecule has 21 heavy (non-hydrogen) atoms. The molecule has 6 heteroatoms. The average Bonchev–Trinajstić information content (AvgIpc) is 2.98. The van der Waals surface area contributed by atoms with E-state index in [0.29, 0.717) is 24.5 Å². The van der Waals surface area contributed by atoms with Gasteiger partial charge in [0.05, 0.1) is 32.1 Å². The number of aromatic nitrogens is 1. The van der Waals surface area contributed by atoms with E-state index < -0.39 is 5.79 Å². The highest BCUT2D eigenvalue weighted by molar-refractivity contribution is 5.96. The van der Waals surface area contributed by atoms with Gasteiger partial charge < -0.3 is 19.5 Å². The Hall–Kier alpha value is -1.66. The standard InChI is InChI=1S/C15H20N2O4/c1-19-13-10-16-7-4-12(13)14(18)17-11-2-5-15(6-3-11)20-8-9-21-15/h4,7,10-11H,2-3,5-6,8-9H2,1H3,(H,17,18). The van der Waals surface area contributed by atoms with Crippen LogP contribution in [-0.4, -0.2) is 43.0 Å². The van der Waals surface area contributed by atoms with Crippen LogP contribution in [0.1, 0.15) is 36.0 Å². The summed E-state index contributed by atoms with van der Waals surface area (Å²) in [6, 6.07) is 1.82. The summed E-state index contributed by atoms with van der Waals surface area (Å²) >= 11 is 0. The van der Waals surface area contributed by atoms with Gasteiger partial charge in [0.2, 0.25) is 0 Å². The largest absolute Gasteiger partial charge is 0.494 e. The maximum absolute atomic E-state index is 12.3. The van der Waals surface area contributed by atoms with Gasteiger partial charge in [-0.05, 0) is 18.9 Å². The van der Waals surface area contributed by atoms with E-state index >= 15 is 0 Å². The van der Waals surface area contributed by atoms with Gasteiger partial charge in [0.15, 0.2) is 5.79 Å². The van der Waals surface area contributed by atoms with Crippen LogP contribution in [0.5, 0.6) is 5.75 Å². The fraction of sp³-hybridized carbons (Fsp3) is 0.600. The number of rotatable bonds is 3. The van der Waals surface area contributed by atoms with Gasteiger partial charge in [-0.15, -0.1) is 0 Å². The summed E-state index contributed by atoms with van der Waals surface area (Å²) in [5, 5.41) is 3.06. The van der Waals surface area contributed by atoms with Crippen molar-refractivity contribution in [2.45, 2.75) is 37.5 Å². The number of carbonyl (C=O) groups is 1. The number of methoxy groups -OCH3 is 1. The molecule has 1 aliphatic carbocycles. The molecular weight excluding hydrogens is 272 g/mol. The molecule has 1 saturated carbocycles. The zero-order valence-electron chi connectivity index (χ0n) is 12.1. The maximum atomic E-state index is 12.3. The summed E-state index contributed by atoms with van der Waals surface area (Å²) in [6.07, 6.45) is 6.51. The van der Waals surface area contributed by atoms with E-state index in [1.807, 2.05) is 0 Å². The van der Waals surface area contributed by atoms with Crippen molar-refractivity contribution >= 4 is 5.91 Å². The molecule has 0 atom stereocenters. The van der Waals surface area contributed by atoms with Crippen LogP contribution < -0.4 is 10.1 Å². The van der Waals surface area contributed by atoms with Crippen LogP contribution in [0.3, 0.4) is 0 Å². The van der Waals surface area contributed by atoms with E-state index in [4.69, 9.17) is 14.2 Å². The Balaban J connectivity index is 1.59. The molecule has 1 saturated heterocycles. The van der Waals surface area contributed by atoms with Crippen molar-refractivity contribution in [1.82, 2.24) is 10.3 Å². The predicted molar refractivity (Wildman–Crippen MR) is 75.1 cm³/mol. The number of carbonyl (C=O) groups excluding carboxylic acids is 1. The van der Waals surface area contributed by atoms with E-state index in [9.17, 15) is 4.79 Å². The Labute approximate surface area is 123 Å². The second kappa shape index (κ2) is 5.99. The van der Waals surface area contributed by atoms with E-state index in [1.165, 1.54) is 7.11 Å². The fourth-order valence-corrected chi connectivity index (χ4v) is 2.98. The first-order valence-electron chi connectivity index (χ1n) is 7.29. The van der Waals surface area contributed by atoms with Gasteiger partial charge in [-0.3, -0.25) is 9.78 Å². The lowest BCUT2D eigenvalue weighted by Gasteiger charge is -2.35. The molecule has 2 heterocycles. The van der Waals surface area contributed by atoms with E-state index in [0.717, 1.165) is 25.7 Å². The number of nitrogens with one attached hydrogen (secondary N) is 1. The Morgan fingerprint density at radius 3 is 2.76 bits per heavy atom. The smallest absolute Gasteiger partial charge is 0.255 e. The first-order chi connectivity index (χ1) is 10.2. The summed E-state index contributed by atoms with van der Waals surface area (Å²) < 4.78 is 16.6. The van der Waals surface area contributed by atoms with Gasteiger partial charge in [-0.25, -0.2) is 0 Å². The summed E-state index contributed by atoms with van der Waals surface area (Å²) in [6.45, 7) is 1.34. The van der Waals surface area contributed by atoms with Crippen LogP contribution in [0.4, 0.5) is 0 Å². The molecule has 0 unspecified atom stereocenters. The molecule has 3 rings (SSSR count). The van der Waals surface area contributed by atoms with Gasteiger partial charge in [0.1, 0.15) is 5.75 Å². The molecule has 1 N–H and O–H groups in total. The first kappa shape index (κ1) is 14.3. The normalized spacial score (nSPS) is 21.4. The predicted octanol–water partition coefficient (Wildman–Crippen LogP) is 1.51. The highest BCUT2D eigenvalue weighted by atomic mass is 16.7. The summed E-state index contributed by atoms with van der Waals surface area (Å²) in [5.74, 6) is -0.0246. The number of pyridine rings is 1. The molecule has 114 valence electrons. The molecule has 1 spiro atoms. The van der Waals surface area contributed by atoms with Crippen molar-refractivity contribution in [2.24, 2.45) is 0 Å². The van der Waals surface area contributed by atoms with Crippen molar-refractivity contribution in [3.8, 4) is 5.75 Å². The third-order valence-corrected chi connectivity index (χ3v) is 4.15. The van der Waals surface area contributed by atoms with Crippen molar-refractivity contribution in [2.75, 3.05) is 20.3 Å². The topological polar surface area (TPSA) is 69.7 Å². The van der Waals surface area contributed by atoms with Gasteiger partial charge in [-0.2, -0.15) is 0 Å². The maximum Gasteiger partial charge on any atom is 0.255 e. The van der Waals surface area contributed by atoms with Crippen molar-refractivity contribution < 1.29 is 19.0 Å². The van der Waals surface area contributed by atoms with Crippen molar-refractivity contribution in [1.29, 1.82) is 0 Å². The molecule has 6 nitrogen and oxygen atoms in total. The third-order valence-electron chi connectivity index (χ3n) is 4.15. The van der Waals surface area contributed by atoms with Crippen molar-refractivity contribution in [3.05, 3.63) is 24.0 Å². The molecule has 0 bridgehead atoms. The highest BCUT2D eigenvalue weighted by Gasteiger charge is 2.40. The molecule has 1 aromatic rings. The number of amides is 1. The highest BCUT2D eigenvalue weighted by Crippen LogP contribution is 2.35. The van der Waals surface area contributed by atoms with Crippen molar-refractivity contribution in [3.63, 3.8) is 0 Å². The lowest BCUT2D eigenvalue weighted by atomic mass is 9.90. The van der Waals surface area contributed by atoms with Crippen LogP contribution in [0.2, 0.25) is 0 Å². The second-order valence-corrected chi connectivity index (χ2v) is 5.43. The quantitative estimate of drug-likeness (QED) is 0.914. The SMILES string of the molecule is COc1cnccc1C(=O)NC1CCC2(CC1)OCCO2. The van der Waals surface area contributed by atoms with Crippen LogP contribution in [0.25, 0.3) is 0 Å². The summed E-state index contributed by atoms with van der Waals surface area (Å²) in [5.41, 5.74) is 0.515. The van der Waals surface area contributed by atoms with E-state index in [1.54, 1.807) is 18.5 Å². The van der Waals surface area contributed by atoms with Crippen LogP contribution in [-0.2, 0) is 9.47 Å². The third kappa shape index (κ3) is 3.01. The number of hydrogen-bond donors (Lipinski definition) is 1. The van der Waals surface area contributed by atoms with E-state index in [-0.39, 0.29) is 11.9 Å². The lowest BCUT2D eigenvalue weighted by Crippen LogP contribution is -2.44. The molecule has 0 aromatic carbocycles. The molecule has 1 amide bonds. The Morgan fingerprint density at radius 2 is 2.10 bits per heavy atom. The zero-order valence-corrected chi connectivity index (χ0v) is 12.1. The minimum absolute atomic E-state index is 0.122. The van der Waals surface area contributed by atoms with E-state index in [2.05, 4.69) is 10.3 Å². The van der Waals surface area contributed by atoms with Gasteiger partial charge in [0.25, 0.3) is 5.91 Å². The molecule has 1 aliphatic heterocycles. The minimum Gasteiger partial charge on any atom is -0.494 e. The molecule has 2 aliphatic rings. The molecule has 2 fully saturated rings. The Bertz CT molecular complexity index is 504. The number of nitrogens with zero attached hydrogens (tertiary/aromatic N) is 1. The molecular formula is C15H20N2O4. The number of hydrogen-bond acceptors (Lipinski definition) is 5. The average molecular weight is 292 g/mol. The monoisotopic (exact) mass is 292 g/mol. The Kier molecular flexibility index (Phi) is 4.07.